The third-order valence-electron chi connectivity index (χ3n) is 6.07. The number of rotatable bonds is 7. The first-order valence-electron chi connectivity index (χ1n) is 11.0. The van der Waals surface area contributed by atoms with Crippen LogP contribution in [0.5, 0.6) is 0 Å². The average Bonchev–Trinajstić information content (AvgIpc) is 3.13. The van der Waals surface area contributed by atoms with Crippen molar-refractivity contribution in [3.63, 3.8) is 0 Å². The molecule has 1 amide bonds. The molecule has 9 heteroatoms. The summed E-state index contributed by atoms with van der Waals surface area (Å²) >= 11 is 1.47. The number of nitrogens with zero attached hydrogens (tertiary/aromatic N) is 2. The maximum absolute atomic E-state index is 12.7. The Labute approximate surface area is 203 Å². The summed E-state index contributed by atoms with van der Waals surface area (Å²) in [7, 11) is -3.78. The summed E-state index contributed by atoms with van der Waals surface area (Å²) in [4.78, 5) is 16.2. The van der Waals surface area contributed by atoms with Gasteiger partial charge >= 0.3 is 0 Å². The second-order valence-corrected chi connectivity index (χ2v) is 11.2. The molecule has 1 aliphatic rings. The molecular formula is C25H26N4O3S2. The van der Waals surface area contributed by atoms with Crippen molar-refractivity contribution < 1.29 is 13.2 Å². The van der Waals surface area contributed by atoms with Crippen LogP contribution in [0.2, 0.25) is 0 Å². The topological polar surface area (TPSA) is 116 Å². The van der Waals surface area contributed by atoms with Crippen LogP contribution in [0.1, 0.15) is 34.1 Å². The minimum absolute atomic E-state index is 0.000273. The molecule has 1 aromatic heterocycles. The number of primary sulfonamides is 1. The first-order valence-corrected chi connectivity index (χ1v) is 13.3. The first-order chi connectivity index (χ1) is 16.2. The van der Waals surface area contributed by atoms with Gasteiger partial charge in [-0.3, -0.25) is 9.69 Å². The molecule has 1 unspecified atom stereocenters. The zero-order chi connectivity index (χ0) is 24.3. The van der Waals surface area contributed by atoms with Gasteiger partial charge < -0.3 is 5.32 Å². The van der Waals surface area contributed by atoms with Gasteiger partial charge in [0.1, 0.15) is 11.1 Å². The summed E-state index contributed by atoms with van der Waals surface area (Å²) < 4.78 is 22.8. The van der Waals surface area contributed by atoms with Crippen molar-refractivity contribution in [3.05, 3.63) is 81.7 Å². The van der Waals surface area contributed by atoms with Gasteiger partial charge in [0.25, 0.3) is 0 Å². The summed E-state index contributed by atoms with van der Waals surface area (Å²) in [5, 5.41) is 18.4. The highest BCUT2D eigenvalue weighted by Crippen LogP contribution is 2.38. The van der Waals surface area contributed by atoms with Crippen molar-refractivity contribution >= 4 is 32.3 Å². The zero-order valence-electron chi connectivity index (χ0n) is 18.8. The van der Waals surface area contributed by atoms with Gasteiger partial charge in [-0.15, -0.1) is 11.3 Å². The van der Waals surface area contributed by atoms with Crippen LogP contribution in [0.3, 0.4) is 0 Å². The molecule has 0 saturated heterocycles. The molecule has 2 heterocycles. The van der Waals surface area contributed by atoms with Crippen molar-refractivity contribution in [2.45, 2.75) is 43.7 Å². The van der Waals surface area contributed by atoms with E-state index in [4.69, 9.17) is 5.14 Å². The van der Waals surface area contributed by atoms with Crippen LogP contribution in [-0.2, 0) is 40.6 Å². The van der Waals surface area contributed by atoms with E-state index in [1.807, 2.05) is 18.2 Å². The summed E-state index contributed by atoms with van der Waals surface area (Å²) in [6.07, 6.45) is 1.85. The fraction of sp³-hybridized carbons (Fsp3) is 0.280. The minimum atomic E-state index is -3.78. The minimum Gasteiger partial charge on any atom is -0.316 e. The standard InChI is InChI=1S/C25H26N4O3S2/c1-17-13-23-22(16-29(17)12-11-18-5-3-2-4-6-18)21(15-26)25(33-23)28-24(30)14-19-7-9-20(10-8-19)34(27,31)32/h2-10,17H,11-14,16H2,1H3,(H,28,30)(H2,27,31,32). The molecule has 3 aromatic rings. The molecular weight excluding hydrogens is 468 g/mol. The molecule has 0 radical (unpaired) electrons. The Morgan fingerprint density at radius 2 is 1.88 bits per heavy atom. The number of sulfonamides is 1. The highest BCUT2D eigenvalue weighted by atomic mass is 32.2. The summed E-state index contributed by atoms with van der Waals surface area (Å²) in [6.45, 7) is 3.79. The van der Waals surface area contributed by atoms with E-state index in [1.165, 1.54) is 29.0 Å². The maximum atomic E-state index is 12.7. The number of carbonyl (C=O) groups excluding carboxylic acids is 1. The quantitative estimate of drug-likeness (QED) is 0.522. The van der Waals surface area contributed by atoms with E-state index < -0.39 is 10.0 Å². The molecule has 1 aliphatic heterocycles. The lowest BCUT2D eigenvalue weighted by molar-refractivity contribution is -0.115. The van der Waals surface area contributed by atoms with Gasteiger partial charge in [0.05, 0.1) is 16.9 Å². The van der Waals surface area contributed by atoms with Crippen LogP contribution < -0.4 is 10.5 Å². The number of carbonyl (C=O) groups is 1. The molecule has 0 spiro atoms. The van der Waals surface area contributed by atoms with Gasteiger partial charge in [0, 0.05) is 29.6 Å². The van der Waals surface area contributed by atoms with E-state index in [9.17, 15) is 18.5 Å². The van der Waals surface area contributed by atoms with E-state index in [1.54, 1.807) is 12.1 Å². The van der Waals surface area contributed by atoms with Crippen LogP contribution in [0, 0.1) is 11.3 Å². The van der Waals surface area contributed by atoms with Gasteiger partial charge in [-0.05, 0) is 43.0 Å². The number of amides is 1. The third-order valence-corrected chi connectivity index (χ3v) is 8.17. The Bertz CT molecular complexity index is 1330. The van der Waals surface area contributed by atoms with E-state index in [2.05, 4.69) is 35.3 Å². The van der Waals surface area contributed by atoms with Gasteiger partial charge in [-0.1, -0.05) is 42.5 Å². The van der Waals surface area contributed by atoms with Crippen molar-refractivity contribution in [1.29, 1.82) is 5.26 Å². The number of fused-ring (bicyclic) bond motifs is 1. The lowest BCUT2D eigenvalue weighted by Crippen LogP contribution is -2.39. The zero-order valence-corrected chi connectivity index (χ0v) is 20.5. The van der Waals surface area contributed by atoms with E-state index in [-0.39, 0.29) is 17.2 Å². The molecule has 0 aliphatic carbocycles. The molecule has 0 saturated carbocycles. The Morgan fingerprint density at radius 3 is 2.53 bits per heavy atom. The van der Waals surface area contributed by atoms with E-state index in [0.29, 0.717) is 28.7 Å². The molecule has 4 rings (SSSR count). The number of nitrogens with two attached hydrogens (primary N) is 1. The van der Waals surface area contributed by atoms with Crippen molar-refractivity contribution in [2.24, 2.45) is 5.14 Å². The monoisotopic (exact) mass is 494 g/mol. The number of nitriles is 1. The number of hydrogen-bond donors (Lipinski definition) is 2. The van der Waals surface area contributed by atoms with Gasteiger partial charge in [-0.2, -0.15) is 5.26 Å². The SMILES string of the molecule is CC1Cc2sc(NC(=O)Cc3ccc(S(N)(=O)=O)cc3)c(C#N)c2CN1CCc1ccccc1. The summed E-state index contributed by atoms with van der Waals surface area (Å²) in [5.41, 5.74) is 3.49. The average molecular weight is 495 g/mol. The van der Waals surface area contributed by atoms with Crippen LogP contribution in [0.25, 0.3) is 0 Å². The maximum Gasteiger partial charge on any atom is 0.238 e. The fourth-order valence-electron chi connectivity index (χ4n) is 4.18. The number of nitrogens with one attached hydrogen (secondary N) is 1. The molecule has 34 heavy (non-hydrogen) atoms. The normalized spacial score (nSPS) is 16.0. The highest BCUT2D eigenvalue weighted by molar-refractivity contribution is 7.89. The van der Waals surface area contributed by atoms with E-state index >= 15 is 0 Å². The molecule has 2 aromatic carbocycles. The van der Waals surface area contributed by atoms with Crippen molar-refractivity contribution in [3.8, 4) is 6.07 Å². The second kappa shape index (κ2) is 10.1. The van der Waals surface area contributed by atoms with Crippen LogP contribution in [0.4, 0.5) is 5.00 Å². The predicted molar refractivity (Wildman–Crippen MR) is 133 cm³/mol. The number of anilines is 1. The smallest absolute Gasteiger partial charge is 0.238 e. The Balaban J connectivity index is 1.44. The van der Waals surface area contributed by atoms with Crippen LogP contribution in [0.15, 0.2) is 59.5 Å². The number of hydrogen-bond acceptors (Lipinski definition) is 6. The van der Waals surface area contributed by atoms with E-state index in [0.717, 1.165) is 29.8 Å². The van der Waals surface area contributed by atoms with Gasteiger partial charge in [0.2, 0.25) is 15.9 Å². The Morgan fingerprint density at radius 1 is 1.18 bits per heavy atom. The largest absolute Gasteiger partial charge is 0.316 e. The lowest BCUT2D eigenvalue weighted by Gasteiger charge is -2.33. The molecule has 3 N–H and O–H groups in total. The van der Waals surface area contributed by atoms with Crippen molar-refractivity contribution in [1.82, 2.24) is 4.90 Å². The summed E-state index contributed by atoms with van der Waals surface area (Å²) in [6, 6.07) is 18.9. The molecule has 7 nitrogen and oxygen atoms in total. The molecule has 0 fully saturated rings. The number of benzene rings is 2. The third kappa shape index (κ3) is 5.54. The fourth-order valence-corrected chi connectivity index (χ4v) is 5.99. The summed E-state index contributed by atoms with van der Waals surface area (Å²) in [5.74, 6) is -0.257. The Kier molecular flexibility index (Phi) is 7.14. The number of thiophene rings is 1. The Hall–Kier alpha value is -3.03. The van der Waals surface area contributed by atoms with Gasteiger partial charge in [0.15, 0.2) is 0 Å². The second-order valence-electron chi connectivity index (χ2n) is 8.49. The van der Waals surface area contributed by atoms with Crippen LogP contribution >= 0.6 is 11.3 Å². The van der Waals surface area contributed by atoms with Crippen LogP contribution in [-0.4, -0.2) is 31.8 Å². The van der Waals surface area contributed by atoms with Gasteiger partial charge in [-0.25, -0.2) is 13.6 Å². The molecule has 0 bridgehead atoms. The molecule has 176 valence electrons. The molecule has 1 atom stereocenters. The predicted octanol–water partition coefficient (Wildman–Crippen LogP) is 3.44. The lowest BCUT2D eigenvalue weighted by atomic mass is 9.99. The first kappa shape index (κ1) is 24.1. The van der Waals surface area contributed by atoms with Crippen molar-refractivity contribution in [2.75, 3.05) is 11.9 Å². The highest BCUT2D eigenvalue weighted by Gasteiger charge is 2.29.